The van der Waals surface area contributed by atoms with Gasteiger partial charge in [0.25, 0.3) is 5.91 Å². The molecular weight excluding hydrogens is 459 g/mol. The molecule has 36 heavy (non-hydrogen) atoms. The maximum atomic E-state index is 13.7. The molecule has 6 nitrogen and oxygen atoms in total. The smallest absolute Gasteiger partial charge is 0.251 e. The van der Waals surface area contributed by atoms with Crippen molar-refractivity contribution in [3.63, 3.8) is 0 Å². The summed E-state index contributed by atoms with van der Waals surface area (Å²) < 4.78 is 26.2. The number of pyridine rings is 1. The fourth-order valence-corrected chi connectivity index (χ4v) is 5.17. The lowest BCUT2D eigenvalue weighted by Gasteiger charge is -2.45. The minimum absolute atomic E-state index is 0.0258. The van der Waals surface area contributed by atoms with E-state index in [1.54, 1.807) is 12.3 Å². The Labute approximate surface area is 210 Å². The number of hydrogen-bond donors (Lipinski definition) is 2. The second-order valence-corrected chi connectivity index (χ2v) is 9.57. The van der Waals surface area contributed by atoms with Crippen molar-refractivity contribution in [2.24, 2.45) is 0 Å². The van der Waals surface area contributed by atoms with Crippen LogP contribution in [-0.4, -0.2) is 53.1 Å². The highest BCUT2D eigenvalue weighted by Crippen LogP contribution is 2.33. The van der Waals surface area contributed by atoms with Crippen molar-refractivity contribution in [3.05, 3.63) is 90.0 Å². The van der Waals surface area contributed by atoms with Crippen LogP contribution in [0.3, 0.4) is 0 Å². The molecule has 7 heteroatoms. The maximum absolute atomic E-state index is 13.7. The van der Waals surface area contributed by atoms with E-state index in [1.165, 1.54) is 23.8 Å². The molecule has 3 aromatic rings. The van der Waals surface area contributed by atoms with Gasteiger partial charge in [-0.2, -0.15) is 0 Å². The number of aliphatic hydroxyl groups is 1. The van der Waals surface area contributed by atoms with Gasteiger partial charge in [-0.1, -0.05) is 36.4 Å². The third-order valence-electron chi connectivity index (χ3n) is 7.11. The first-order valence-electron chi connectivity index (χ1n) is 12.6. The van der Waals surface area contributed by atoms with E-state index in [1.807, 2.05) is 18.3 Å². The molecule has 0 spiro atoms. The van der Waals surface area contributed by atoms with E-state index in [0.29, 0.717) is 6.42 Å². The summed E-state index contributed by atoms with van der Waals surface area (Å²) in [6.07, 6.45) is 6.63. The summed E-state index contributed by atoms with van der Waals surface area (Å²) >= 11 is 0. The molecule has 0 radical (unpaired) electrons. The van der Waals surface area contributed by atoms with E-state index in [4.69, 9.17) is 9.47 Å². The van der Waals surface area contributed by atoms with Gasteiger partial charge >= 0.3 is 0 Å². The molecule has 2 N–H and O–H groups in total. The van der Waals surface area contributed by atoms with Crippen LogP contribution in [0.15, 0.2) is 73.1 Å². The predicted octanol–water partition coefficient (Wildman–Crippen LogP) is 4.32. The number of aryl methyl sites for hydroxylation is 1. The standard InChI is InChI=1S/C29H31FN2O4/c30-23-5-1-3-21(15-23)29(34)32-25-16-28-27(13-11-24(18-33)35-28)36-26(25)12-8-19-6-9-20(10-7-19)22-4-2-14-31-17-22/h1-7,9-10,14-15,17,24-28,33H,8,11-13,16,18H2,(H,32,34)/t24-,25+,26-,27+,28+/m1/s1. The van der Waals surface area contributed by atoms with Crippen LogP contribution >= 0.6 is 0 Å². The molecule has 188 valence electrons. The number of nitrogens with zero attached hydrogens (tertiary/aromatic N) is 1. The molecule has 2 fully saturated rings. The van der Waals surface area contributed by atoms with Gasteiger partial charge in [-0.25, -0.2) is 4.39 Å². The molecule has 0 unspecified atom stereocenters. The summed E-state index contributed by atoms with van der Waals surface area (Å²) in [6, 6.07) is 17.8. The predicted molar refractivity (Wildman–Crippen MR) is 134 cm³/mol. The van der Waals surface area contributed by atoms with Crippen molar-refractivity contribution in [1.29, 1.82) is 0 Å². The number of aliphatic hydroxyl groups excluding tert-OH is 1. The summed E-state index contributed by atoms with van der Waals surface area (Å²) in [5.41, 5.74) is 3.65. The molecule has 1 aromatic heterocycles. The summed E-state index contributed by atoms with van der Waals surface area (Å²) in [6.45, 7) is -0.0258. The SMILES string of the molecule is O=C(N[C@H]1C[C@@H]2O[C@@H](CO)CC[C@@H]2O[C@@H]1CCc1ccc(-c2cccnc2)cc1)c1cccc(F)c1. The third kappa shape index (κ3) is 5.81. The van der Waals surface area contributed by atoms with Crippen molar-refractivity contribution >= 4 is 5.91 Å². The molecule has 1 amide bonds. The highest BCUT2D eigenvalue weighted by atomic mass is 19.1. The molecular formula is C29H31FN2O4. The zero-order chi connectivity index (χ0) is 24.9. The van der Waals surface area contributed by atoms with Gasteiger partial charge in [0.1, 0.15) is 5.82 Å². The van der Waals surface area contributed by atoms with Crippen molar-refractivity contribution in [2.45, 2.75) is 62.6 Å². The largest absolute Gasteiger partial charge is 0.394 e. The summed E-state index contributed by atoms with van der Waals surface area (Å²) in [5, 5.41) is 12.6. The highest BCUT2D eigenvalue weighted by Gasteiger charge is 2.42. The average molecular weight is 491 g/mol. The van der Waals surface area contributed by atoms with Crippen LogP contribution in [0.1, 0.15) is 41.6 Å². The molecule has 5 rings (SSSR count). The van der Waals surface area contributed by atoms with Gasteiger partial charge in [0.2, 0.25) is 0 Å². The zero-order valence-corrected chi connectivity index (χ0v) is 20.1. The van der Waals surface area contributed by atoms with Crippen molar-refractivity contribution < 1.29 is 23.8 Å². The zero-order valence-electron chi connectivity index (χ0n) is 20.1. The summed E-state index contributed by atoms with van der Waals surface area (Å²) in [7, 11) is 0. The number of fused-ring (bicyclic) bond motifs is 1. The van der Waals surface area contributed by atoms with Crippen molar-refractivity contribution in [1.82, 2.24) is 10.3 Å². The van der Waals surface area contributed by atoms with Crippen LogP contribution in [-0.2, 0) is 15.9 Å². The molecule has 2 saturated heterocycles. The van der Waals surface area contributed by atoms with Gasteiger partial charge in [0, 0.05) is 18.0 Å². The number of nitrogens with one attached hydrogen (secondary N) is 1. The Morgan fingerprint density at radius 2 is 1.89 bits per heavy atom. The maximum Gasteiger partial charge on any atom is 0.251 e. The number of carbonyl (C=O) groups excluding carboxylic acids is 1. The summed E-state index contributed by atoms with van der Waals surface area (Å²) in [4.78, 5) is 17.1. The number of benzene rings is 2. The van der Waals surface area contributed by atoms with E-state index >= 15 is 0 Å². The van der Waals surface area contributed by atoms with Gasteiger partial charge < -0.3 is 19.9 Å². The first kappa shape index (κ1) is 24.6. The van der Waals surface area contributed by atoms with Gasteiger partial charge in [0.15, 0.2) is 0 Å². The van der Waals surface area contributed by atoms with Crippen LogP contribution in [0, 0.1) is 5.82 Å². The Balaban J connectivity index is 1.28. The topological polar surface area (TPSA) is 80.7 Å². The Bertz CT molecular complexity index is 1160. The Morgan fingerprint density at radius 3 is 2.64 bits per heavy atom. The number of carbonyl (C=O) groups is 1. The lowest BCUT2D eigenvalue weighted by Crippen LogP contribution is -2.57. The molecule has 0 bridgehead atoms. The van der Waals surface area contributed by atoms with Crippen LogP contribution in [0.2, 0.25) is 0 Å². The minimum atomic E-state index is -0.449. The monoisotopic (exact) mass is 490 g/mol. The fraction of sp³-hybridized carbons (Fsp3) is 0.379. The van der Waals surface area contributed by atoms with Gasteiger partial charge in [0.05, 0.1) is 37.1 Å². The number of halogens is 1. The molecule has 2 aliphatic rings. The number of ether oxygens (including phenoxy) is 2. The Morgan fingerprint density at radius 1 is 1.03 bits per heavy atom. The third-order valence-corrected chi connectivity index (χ3v) is 7.11. The number of rotatable bonds is 7. The minimum Gasteiger partial charge on any atom is -0.394 e. The second-order valence-electron chi connectivity index (χ2n) is 9.57. The van der Waals surface area contributed by atoms with E-state index in [0.717, 1.165) is 36.8 Å². The Hall–Kier alpha value is -3.13. The normalized spacial score (nSPS) is 25.7. The van der Waals surface area contributed by atoms with E-state index < -0.39 is 5.82 Å². The average Bonchev–Trinajstić information content (AvgIpc) is 2.92. The highest BCUT2D eigenvalue weighted by molar-refractivity contribution is 5.94. The first-order valence-corrected chi connectivity index (χ1v) is 12.6. The summed E-state index contributed by atoms with van der Waals surface area (Å²) in [5.74, 6) is -0.780. The number of hydrogen-bond acceptors (Lipinski definition) is 5. The van der Waals surface area contributed by atoms with Gasteiger partial charge in [-0.05, 0) is 73.1 Å². The Kier molecular flexibility index (Phi) is 7.70. The second kappa shape index (κ2) is 11.3. The first-order chi connectivity index (χ1) is 17.6. The van der Waals surface area contributed by atoms with E-state index in [-0.39, 0.29) is 48.5 Å². The number of aromatic nitrogens is 1. The molecule has 2 aromatic carbocycles. The fourth-order valence-electron chi connectivity index (χ4n) is 5.17. The van der Waals surface area contributed by atoms with Crippen molar-refractivity contribution in [3.8, 4) is 11.1 Å². The molecule has 3 heterocycles. The van der Waals surface area contributed by atoms with Crippen molar-refractivity contribution in [2.75, 3.05) is 6.61 Å². The molecule has 0 aliphatic carbocycles. The van der Waals surface area contributed by atoms with Gasteiger partial charge in [-0.15, -0.1) is 0 Å². The molecule has 5 atom stereocenters. The number of amides is 1. The lowest BCUT2D eigenvalue weighted by atomic mass is 9.88. The molecule has 2 aliphatic heterocycles. The molecule has 0 saturated carbocycles. The lowest BCUT2D eigenvalue weighted by molar-refractivity contribution is -0.201. The van der Waals surface area contributed by atoms with E-state index in [9.17, 15) is 14.3 Å². The quantitative estimate of drug-likeness (QED) is 0.516. The van der Waals surface area contributed by atoms with Crippen LogP contribution in [0.4, 0.5) is 4.39 Å². The van der Waals surface area contributed by atoms with Crippen LogP contribution < -0.4 is 5.32 Å². The van der Waals surface area contributed by atoms with E-state index in [2.05, 4.69) is 34.6 Å². The van der Waals surface area contributed by atoms with Crippen LogP contribution in [0.25, 0.3) is 11.1 Å². The van der Waals surface area contributed by atoms with Crippen LogP contribution in [0.5, 0.6) is 0 Å². The van der Waals surface area contributed by atoms with Gasteiger partial charge in [-0.3, -0.25) is 9.78 Å².